The van der Waals surface area contributed by atoms with Crippen LogP contribution >= 0.6 is 11.3 Å². The molecule has 1 N–H and O–H groups in total. The van der Waals surface area contributed by atoms with Gasteiger partial charge in [-0.3, -0.25) is 0 Å². The number of nitrogens with one attached hydrogen (secondary N) is 1. The van der Waals surface area contributed by atoms with Crippen molar-refractivity contribution in [1.29, 1.82) is 0 Å². The zero-order valence-corrected chi connectivity index (χ0v) is 10.6. The Morgan fingerprint density at radius 1 is 1.07 bits per heavy atom. The van der Waals surface area contributed by atoms with Crippen molar-refractivity contribution in [3.63, 3.8) is 0 Å². The van der Waals surface area contributed by atoms with Crippen LogP contribution in [0, 0.1) is 0 Å². The van der Waals surface area contributed by atoms with Gasteiger partial charge in [-0.25, -0.2) is 0 Å². The number of likely N-dealkylation sites (N-methyl/N-ethyl adjacent to an activating group) is 1. The van der Waals surface area contributed by atoms with E-state index in [2.05, 4.69) is 22.4 Å². The first kappa shape index (κ1) is 12.6. The maximum atomic E-state index is 4.21. The highest BCUT2D eigenvalue weighted by molar-refractivity contribution is 7.11. The number of unbranched alkanes of at least 4 members (excludes halogenated alkanes) is 3. The molecule has 0 aliphatic heterocycles. The van der Waals surface area contributed by atoms with Crippen LogP contribution in [0.1, 0.15) is 42.6 Å². The quantitative estimate of drug-likeness (QED) is 0.693. The van der Waals surface area contributed by atoms with Crippen molar-refractivity contribution in [3.8, 4) is 0 Å². The van der Waals surface area contributed by atoms with Crippen LogP contribution in [0.4, 0.5) is 0 Å². The molecule has 0 saturated carbocycles. The Kier molecular flexibility index (Phi) is 6.52. The summed E-state index contributed by atoms with van der Waals surface area (Å²) in [7, 11) is 1.96. The fourth-order valence-corrected chi connectivity index (χ4v) is 2.31. The molecule has 1 rings (SSSR count). The summed E-state index contributed by atoms with van der Waals surface area (Å²) in [6.07, 6.45) is 7.33. The van der Waals surface area contributed by atoms with Crippen molar-refractivity contribution in [2.45, 2.75) is 45.4 Å². The van der Waals surface area contributed by atoms with E-state index in [1.54, 1.807) is 11.3 Å². The minimum atomic E-state index is 0.991. The Labute approximate surface area is 96.3 Å². The molecule has 0 radical (unpaired) electrons. The van der Waals surface area contributed by atoms with Gasteiger partial charge in [0.05, 0.1) is 0 Å². The van der Waals surface area contributed by atoms with Crippen LogP contribution in [-0.2, 0) is 12.8 Å². The molecule has 1 aromatic heterocycles. The minimum Gasteiger partial charge on any atom is -0.319 e. The SMILES string of the molecule is CCCCCCc1nnc(CCNC)s1. The smallest absolute Gasteiger partial charge is 0.118 e. The highest BCUT2D eigenvalue weighted by Gasteiger charge is 2.02. The van der Waals surface area contributed by atoms with Gasteiger partial charge in [-0.05, 0) is 13.5 Å². The van der Waals surface area contributed by atoms with Crippen molar-refractivity contribution in [3.05, 3.63) is 10.0 Å². The summed E-state index contributed by atoms with van der Waals surface area (Å²) >= 11 is 1.77. The van der Waals surface area contributed by atoms with Crippen molar-refractivity contribution < 1.29 is 0 Å². The number of hydrogen-bond donors (Lipinski definition) is 1. The van der Waals surface area contributed by atoms with E-state index in [0.29, 0.717) is 0 Å². The molecule has 1 aromatic rings. The topological polar surface area (TPSA) is 37.8 Å². The second kappa shape index (κ2) is 7.77. The molecule has 0 fully saturated rings. The summed E-state index contributed by atoms with van der Waals surface area (Å²) in [5.41, 5.74) is 0. The number of hydrogen-bond acceptors (Lipinski definition) is 4. The van der Waals surface area contributed by atoms with Crippen LogP contribution in [0.15, 0.2) is 0 Å². The van der Waals surface area contributed by atoms with Crippen LogP contribution in [0.3, 0.4) is 0 Å². The molecule has 0 bridgehead atoms. The first-order valence-corrected chi connectivity index (χ1v) is 6.64. The zero-order chi connectivity index (χ0) is 10.9. The highest BCUT2D eigenvalue weighted by atomic mass is 32.1. The Morgan fingerprint density at radius 2 is 1.80 bits per heavy atom. The highest BCUT2D eigenvalue weighted by Crippen LogP contribution is 2.13. The molecule has 15 heavy (non-hydrogen) atoms. The van der Waals surface area contributed by atoms with Crippen LogP contribution < -0.4 is 5.32 Å². The molecule has 86 valence electrons. The molecule has 0 spiro atoms. The molecule has 0 saturated heterocycles. The van der Waals surface area contributed by atoms with E-state index in [-0.39, 0.29) is 0 Å². The largest absolute Gasteiger partial charge is 0.319 e. The van der Waals surface area contributed by atoms with Gasteiger partial charge in [0.1, 0.15) is 10.0 Å². The average molecular weight is 227 g/mol. The van der Waals surface area contributed by atoms with E-state index < -0.39 is 0 Å². The second-order valence-electron chi connectivity index (χ2n) is 3.75. The lowest BCUT2D eigenvalue weighted by molar-refractivity contribution is 0.662. The predicted molar refractivity (Wildman–Crippen MR) is 65.4 cm³/mol. The van der Waals surface area contributed by atoms with Crippen molar-refractivity contribution >= 4 is 11.3 Å². The van der Waals surface area contributed by atoms with Crippen LogP contribution in [0.2, 0.25) is 0 Å². The summed E-state index contributed by atoms with van der Waals surface area (Å²) in [6, 6.07) is 0. The van der Waals surface area contributed by atoms with E-state index in [0.717, 1.165) is 24.4 Å². The van der Waals surface area contributed by atoms with Gasteiger partial charge in [0.15, 0.2) is 0 Å². The van der Waals surface area contributed by atoms with Crippen molar-refractivity contribution in [1.82, 2.24) is 15.5 Å². The van der Waals surface area contributed by atoms with Gasteiger partial charge >= 0.3 is 0 Å². The number of nitrogens with zero attached hydrogens (tertiary/aromatic N) is 2. The van der Waals surface area contributed by atoms with Crippen LogP contribution in [0.5, 0.6) is 0 Å². The van der Waals surface area contributed by atoms with Gasteiger partial charge in [-0.1, -0.05) is 26.2 Å². The maximum absolute atomic E-state index is 4.21. The van der Waals surface area contributed by atoms with Gasteiger partial charge in [-0.15, -0.1) is 21.5 Å². The fraction of sp³-hybridized carbons (Fsp3) is 0.818. The van der Waals surface area contributed by atoms with E-state index >= 15 is 0 Å². The van der Waals surface area contributed by atoms with E-state index in [1.807, 2.05) is 7.05 Å². The zero-order valence-electron chi connectivity index (χ0n) is 9.75. The van der Waals surface area contributed by atoms with Gasteiger partial charge in [0, 0.05) is 19.4 Å². The van der Waals surface area contributed by atoms with Crippen LogP contribution in [-0.4, -0.2) is 23.8 Å². The van der Waals surface area contributed by atoms with Crippen molar-refractivity contribution in [2.24, 2.45) is 0 Å². The summed E-state index contributed by atoms with van der Waals surface area (Å²) < 4.78 is 0. The van der Waals surface area contributed by atoms with Gasteiger partial charge in [-0.2, -0.15) is 0 Å². The third-order valence-corrected chi connectivity index (χ3v) is 3.38. The van der Waals surface area contributed by atoms with E-state index in [4.69, 9.17) is 0 Å². The molecule has 0 amide bonds. The second-order valence-corrected chi connectivity index (χ2v) is 4.90. The maximum Gasteiger partial charge on any atom is 0.118 e. The molecule has 0 unspecified atom stereocenters. The monoisotopic (exact) mass is 227 g/mol. The molecule has 0 aromatic carbocycles. The Morgan fingerprint density at radius 3 is 2.47 bits per heavy atom. The third kappa shape index (κ3) is 5.23. The van der Waals surface area contributed by atoms with Gasteiger partial charge in [0.25, 0.3) is 0 Å². The summed E-state index contributed by atoms with van der Waals surface area (Å²) in [6.45, 7) is 3.23. The molecule has 0 atom stereocenters. The van der Waals surface area contributed by atoms with Gasteiger partial charge < -0.3 is 5.32 Å². The Balaban J connectivity index is 2.20. The standard InChI is InChI=1S/C11H21N3S/c1-3-4-5-6-7-10-13-14-11(15-10)8-9-12-2/h12H,3-9H2,1-2H3. The number of rotatable bonds is 8. The number of aromatic nitrogens is 2. The first-order valence-electron chi connectivity index (χ1n) is 5.82. The molecular formula is C11H21N3S. The predicted octanol–water partition coefficient (Wildman–Crippen LogP) is 2.42. The van der Waals surface area contributed by atoms with E-state index in [9.17, 15) is 0 Å². The first-order chi connectivity index (χ1) is 7.36. The Bertz CT molecular complexity index is 260. The average Bonchev–Trinajstić information content (AvgIpc) is 2.69. The fourth-order valence-electron chi connectivity index (χ4n) is 1.43. The molecule has 3 nitrogen and oxygen atoms in total. The molecule has 0 aliphatic carbocycles. The molecule has 4 heteroatoms. The molecule has 1 heterocycles. The molecular weight excluding hydrogens is 206 g/mol. The minimum absolute atomic E-state index is 0.991. The normalized spacial score (nSPS) is 10.8. The lowest BCUT2D eigenvalue weighted by Gasteiger charge is -1.95. The summed E-state index contributed by atoms with van der Waals surface area (Å²) in [4.78, 5) is 0. The Hall–Kier alpha value is -0.480. The number of aryl methyl sites for hydroxylation is 1. The summed E-state index contributed by atoms with van der Waals surface area (Å²) in [5.74, 6) is 0. The third-order valence-electron chi connectivity index (χ3n) is 2.34. The van der Waals surface area contributed by atoms with Crippen LogP contribution in [0.25, 0.3) is 0 Å². The van der Waals surface area contributed by atoms with Crippen molar-refractivity contribution in [2.75, 3.05) is 13.6 Å². The summed E-state index contributed by atoms with van der Waals surface area (Å²) in [5, 5.41) is 13.9. The van der Waals surface area contributed by atoms with Gasteiger partial charge in [0.2, 0.25) is 0 Å². The molecule has 0 aliphatic rings. The van der Waals surface area contributed by atoms with E-state index in [1.165, 1.54) is 30.7 Å². The lowest BCUT2D eigenvalue weighted by Crippen LogP contribution is -2.09. The lowest BCUT2D eigenvalue weighted by atomic mass is 10.2.